The highest BCUT2D eigenvalue weighted by atomic mass is 19.4. The molecule has 6 nitrogen and oxygen atoms in total. The third-order valence-corrected chi connectivity index (χ3v) is 7.67. The van der Waals surface area contributed by atoms with Crippen LogP contribution in [0.3, 0.4) is 0 Å². The summed E-state index contributed by atoms with van der Waals surface area (Å²) in [5.41, 5.74) is 2.94. The number of anilines is 1. The molecular formula is C28H37F3N4O2. The van der Waals surface area contributed by atoms with E-state index in [4.69, 9.17) is 4.79 Å². The molecule has 0 spiro atoms. The summed E-state index contributed by atoms with van der Waals surface area (Å²) in [5.74, 6) is 0.507. The molecule has 0 radical (unpaired) electrons. The molecule has 37 heavy (non-hydrogen) atoms. The first-order chi connectivity index (χ1) is 17.7. The van der Waals surface area contributed by atoms with E-state index in [1.807, 2.05) is 7.05 Å². The number of carbonyl (C=O) groups is 2. The van der Waals surface area contributed by atoms with Gasteiger partial charge < -0.3 is 20.7 Å². The second-order valence-corrected chi connectivity index (χ2v) is 9.98. The summed E-state index contributed by atoms with van der Waals surface area (Å²) in [5, 5.41) is 9.42. The fourth-order valence-electron chi connectivity index (χ4n) is 5.98. The van der Waals surface area contributed by atoms with Gasteiger partial charge in [-0.2, -0.15) is 13.2 Å². The Morgan fingerprint density at radius 1 is 1.19 bits per heavy atom. The van der Waals surface area contributed by atoms with Crippen molar-refractivity contribution in [1.29, 1.82) is 0 Å². The number of aldehydes is 1. The third-order valence-electron chi connectivity index (χ3n) is 7.67. The van der Waals surface area contributed by atoms with E-state index < -0.39 is 11.7 Å². The van der Waals surface area contributed by atoms with Crippen LogP contribution in [0, 0.1) is 11.3 Å². The molecule has 3 unspecified atom stereocenters. The lowest BCUT2D eigenvalue weighted by Crippen LogP contribution is -2.29. The number of rotatable bonds is 10. The average molecular weight is 519 g/mol. The van der Waals surface area contributed by atoms with Gasteiger partial charge in [-0.25, -0.2) is 0 Å². The molecule has 1 heterocycles. The van der Waals surface area contributed by atoms with E-state index in [2.05, 4.69) is 45.2 Å². The number of alkyl halides is 3. The minimum Gasteiger partial charge on any atom is -0.388 e. The second kappa shape index (κ2) is 13.0. The van der Waals surface area contributed by atoms with Crippen LogP contribution < -0.4 is 16.0 Å². The Bertz CT molecular complexity index is 1030. The second-order valence-electron chi connectivity index (χ2n) is 9.98. The quantitative estimate of drug-likeness (QED) is 0.307. The molecule has 2 saturated carbocycles. The van der Waals surface area contributed by atoms with Crippen molar-refractivity contribution in [1.82, 2.24) is 15.6 Å². The number of amides is 1. The smallest absolute Gasteiger partial charge is 0.388 e. The van der Waals surface area contributed by atoms with Crippen molar-refractivity contribution in [3.63, 3.8) is 0 Å². The molecule has 2 aliphatic rings. The van der Waals surface area contributed by atoms with Crippen LogP contribution >= 0.6 is 0 Å². The molecule has 1 aromatic carbocycles. The Balaban J connectivity index is 0.00000121. The van der Waals surface area contributed by atoms with Gasteiger partial charge in [-0.15, -0.1) is 0 Å². The lowest BCUT2D eigenvalue weighted by Gasteiger charge is -2.31. The zero-order valence-corrected chi connectivity index (χ0v) is 21.5. The van der Waals surface area contributed by atoms with Gasteiger partial charge in [-0.3, -0.25) is 9.78 Å². The van der Waals surface area contributed by atoms with Crippen LogP contribution in [0.5, 0.6) is 0 Å². The van der Waals surface area contributed by atoms with Crippen LogP contribution in [0.15, 0.2) is 36.5 Å². The van der Waals surface area contributed by atoms with Gasteiger partial charge in [0.15, 0.2) is 0 Å². The predicted molar refractivity (Wildman–Crippen MR) is 138 cm³/mol. The highest BCUT2D eigenvalue weighted by Crippen LogP contribution is 2.56. The van der Waals surface area contributed by atoms with E-state index in [9.17, 15) is 18.0 Å². The predicted octanol–water partition coefficient (Wildman–Crippen LogP) is 4.92. The molecule has 2 aliphatic carbocycles. The standard InChI is InChI=1S/C26H33F3N4O.C2H4O/c1-30-22-6-4-18(5-7-22)15-32-23-12-20-3-2-9-25(20,14-23)13-19-11-21(26(27,28)29)16-33-24(19)8-10-31-17-34;1-2-3/h4-7,11,16-17,20,23,30,32H,2-3,8-10,12-15H2,1H3,(H,31,34);2H,1H3. The van der Waals surface area contributed by atoms with E-state index in [0.29, 0.717) is 49.0 Å². The summed E-state index contributed by atoms with van der Waals surface area (Å²) in [6.07, 6.45) is 4.21. The summed E-state index contributed by atoms with van der Waals surface area (Å²) in [4.78, 5) is 23.6. The minimum absolute atomic E-state index is 0.00634. The SMILES string of the molecule is CC=O.CNc1ccc(CNC2CC3CCCC3(Cc3cc(C(F)(F)F)cnc3CCNC=O)C2)cc1. The Labute approximate surface area is 216 Å². The molecule has 3 N–H and O–H groups in total. The lowest BCUT2D eigenvalue weighted by atomic mass is 9.74. The maximum absolute atomic E-state index is 13.4. The van der Waals surface area contributed by atoms with Crippen LogP contribution in [-0.2, 0) is 35.2 Å². The number of pyridine rings is 1. The minimum atomic E-state index is -4.42. The van der Waals surface area contributed by atoms with E-state index in [1.54, 1.807) is 0 Å². The lowest BCUT2D eigenvalue weighted by molar-refractivity contribution is -0.137. The summed E-state index contributed by atoms with van der Waals surface area (Å²) in [6.45, 7) is 2.59. The van der Waals surface area contributed by atoms with Gasteiger partial charge in [0.05, 0.1) is 5.56 Å². The first kappa shape index (κ1) is 28.6. The Kier molecular flexibility index (Phi) is 10.1. The molecule has 2 fully saturated rings. The van der Waals surface area contributed by atoms with Gasteiger partial charge in [0.1, 0.15) is 6.29 Å². The normalized spacial score (nSPS) is 22.5. The zero-order valence-electron chi connectivity index (χ0n) is 21.5. The number of halogens is 3. The van der Waals surface area contributed by atoms with Gasteiger partial charge in [0.25, 0.3) is 0 Å². The number of aromatic nitrogens is 1. The van der Waals surface area contributed by atoms with E-state index in [1.165, 1.54) is 18.6 Å². The maximum atomic E-state index is 13.4. The number of nitrogens with one attached hydrogen (secondary N) is 3. The highest BCUT2D eigenvalue weighted by molar-refractivity contribution is 5.46. The van der Waals surface area contributed by atoms with Crippen LogP contribution in [0.2, 0.25) is 0 Å². The van der Waals surface area contributed by atoms with Crippen LogP contribution in [0.25, 0.3) is 0 Å². The Morgan fingerprint density at radius 3 is 2.57 bits per heavy atom. The van der Waals surface area contributed by atoms with Crippen LogP contribution in [0.4, 0.5) is 18.9 Å². The summed E-state index contributed by atoms with van der Waals surface area (Å²) in [7, 11) is 1.90. The molecule has 2 aromatic rings. The first-order valence-corrected chi connectivity index (χ1v) is 12.9. The largest absolute Gasteiger partial charge is 0.417 e. The number of hydrogen-bond acceptors (Lipinski definition) is 5. The number of carbonyl (C=O) groups excluding carboxylic acids is 2. The monoisotopic (exact) mass is 518 g/mol. The molecule has 4 rings (SSSR count). The van der Waals surface area contributed by atoms with Crippen molar-refractivity contribution in [3.8, 4) is 0 Å². The van der Waals surface area contributed by atoms with Crippen LogP contribution in [-0.4, -0.2) is 37.3 Å². The molecule has 9 heteroatoms. The number of fused-ring (bicyclic) bond motifs is 1. The first-order valence-electron chi connectivity index (χ1n) is 12.9. The van der Waals surface area contributed by atoms with Crippen molar-refractivity contribution in [2.45, 2.75) is 70.6 Å². The molecule has 0 aliphatic heterocycles. The van der Waals surface area contributed by atoms with Crippen molar-refractivity contribution in [2.75, 3.05) is 18.9 Å². The topological polar surface area (TPSA) is 83.1 Å². The van der Waals surface area contributed by atoms with E-state index in [0.717, 1.165) is 56.8 Å². The number of benzene rings is 1. The molecular weight excluding hydrogens is 481 g/mol. The van der Waals surface area contributed by atoms with Gasteiger partial charge in [-0.1, -0.05) is 18.6 Å². The average Bonchev–Trinajstić information content (AvgIpc) is 3.40. The molecule has 3 atom stereocenters. The van der Waals surface area contributed by atoms with Crippen LogP contribution in [0.1, 0.15) is 61.4 Å². The summed E-state index contributed by atoms with van der Waals surface area (Å²) >= 11 is 0. The molecule has 0 saturated heterocycles. The van der Waals surface area contributed by atoms with Gasteiger partial charge in [0, 0.05) is 50.2 Å². The number of nitrogens with zero attached hydrogens (tertiary/aromatic N) is 1. The Morgan fingerprint density at radius 2 is 1.92 bits per heavy atom. The fourth-order valence-corrected chi connectivity index (χ4v) is 5.98. The van der Waals surface area contributed by atoms with E-state index in [-0.39, 0.29) is 5.41 Å². The fraction of sp³-hybridized carbons (Fsp3) is 0.536. The van der Waals surface area contributed by atoms with E-state index >= 15 is 0 Å². The third kappa shape index (κ3) is 7.53. The van der Waals surface area contributed by atoms with Crippen molar-refractivity contribution >= 4 is 18.4 Å². The molecule has 202 valence electrons. The molecule has 1 aromatic heterocycles. The van der Waals surface area contributed by atoms with Gasteiger partial charge in [0.2, 0.25) is 6.41 Å². The Hall–Kier alpha value is -2.94. The van der Waals surface area contributed by atoms with Crippen molar-refractivity contribution in [2.24, 2.45) is 11.3 Å². The van der Waals surface area contributed by atoms with Crippen molar-refractivity contribution in [3.05, 3.63) is 58.9 Å². The molecule has 0 bridgehead atoms. The maximum Gasteiger partial charge on any atom is 0.417 e. The van der Waals surface area contributed by atoms with Gasteiger partial charge >= 0.3 is 6.18 Å². The molecule has 1 amide bonds. The van der Waals surface area contributed by atoms with Gasteiger partial charge in [-0.05, 0) is 79.7 Å². The zero-order chi connectivity index (χ0) is 26.9. The highest BCUT2D eigenvalue weighted by Gasteiger charge is 2.50. The van der Waals surface area contributed by atoms with Crippen molar-refractivity contribution < 1.29 is 22.8 Å². The number of hydrogen-bond donors (Lipinski definition) is 3. The summed E-state index contributed by atoms with van der Waals surface area (Å²) < 4.78 is 40.3. The summed E-state index contributed by atoms with van der Waals surface area (Å²) in [6, 6.07) is 9.98.